The van der Waals surface area contributed by atoms with E-state index in [2.05, 4.69) is 44.8 Å². The van der Waals surface area contributed by atoms with Gasteiger partial charge in [-0.05, 0) is 51.8 Å². The van der Waals surface area contributed by atoms with E-state index in [0.717, 1.165) is 22.3 Å². The first kappa shape index (κ1) is 19.1. The average molecular weight is 411 g/mol. The number of hydrogen-bond donors (Lipinski definition) is 0. The summed E-state index contributed by atoms with van der Waals surface area (Å²) in [6, 6.07) is 6.96. The van der Waals surface area contributed by atoms with E-state index in [4.69, 9.17) is 4.74 Å². The van der Waals surface area contributed by atoms with Crippen molar-refractivity contribution in [3.8, 4) is 16.3 Å². The van der Waals surface area contributed by atoms with Gasteiger partial charge < -0.3 is 9.30 Å². The summed E-state index contributed by atoms with van der Waals surface area (Å²) in [6.45, 7) is 5.56. The number of hydrogen-bond acceptors (Lipinski definition) is 5. The Hall–Kier alpha value is -1.92. The van der Waals surface area contributed by atoms with Gasteiger partial charge in [0.1, 0.15) is 15.8 Å². The van der Waals surface area contributed by atoms with Crippen molar-refractivity contribution in [2.24, 2.45) is 0 Å². The zero-order valence-corrected chi connectivity index (χ0v) is 18.3. The molecule has 29 heavy (non-hydrogen) atoms. The number of ether oxygens (including phenoxy) is 1. The monoisotopic (exact) mass is 410 g/mol. The number of aromatic nitrogens is 3. The number of fused-ring (bicyclic) bond motifs is 1. The second-order valence-electron chi connectivity index (χ2n) is 8.46. The molecule has 0 atom stereocenters. The Morgan fingerprint density at radius 3 is 2.62 bits per heavy atom. The van der Waals surface area contributed by atoms with Crippen LogP contribution < -0.4 is 4.74 Å². The molecule has 2 aliphatic rings. The lowest BCUT2D eigenvalue weighted by Gasteiger charge is -2.26. The van der Waals surface area contributed by atoms with E-state index in [1.165, 1.54) is 80.2 Å². The molecule has 0 unspecified atom stereocenters. The van der Waals surface area contributed by atoms with Crippen molar-refractivity contribution in [3.63, 3.8) is 0 Å². The van der Waals surface area contributed by atoms with Crippen molar-refractivity contribution in [3.05, 3.63) is 28.9 Å². The van der Waals surface area contributed by atoms with Crippen LogP contribution in [0.25, 0.3) is 21.5 Å². The second-order valence-corrected chi connectivity index (χ2v) is 9.52. The Morgan fingerprint density at radius 2 is 1.86 bits per heavy atom. The summed E-state index contributed by atoms with van der Waals surface area (Å²) in [5, 5.41) is 12.6. The molecule has 1 aliphatic carbocycles. The third kappa shape index (κ3) is 3.46. The molecule has 154 valence electrons. The highest BCUT2D eigenvalue weighted by Gasteiger charge is 2.26. The van der Waals surface area contributed by atoms with Crippen molar-refractivity contribution in [2.45, 2.75) is 64.5 Å². The maximum Gasteiger partial charge on any atom is 0.150 e. The predicted octanol–water partition coefficient (Wildman–Crippen LogP) is 5.58. The third-order valence-corrected chi connectivity index (χ3v) is 7.56. The predicted molar refractivity (Wildman–Crippen MR) is 119 cm³/mol. The summed E-state index contributed by atoms with van der Waals surface area (Å²) in [5.74, 6) is 0.962. The van der Waals surface area contributed by atoms with Gasteiger partial charge in [-0.25, -0.2) is 0 Å². The first-order chi connectivity index (χ1) is 14.3. The minimum absolute atomic E-state index is 0.549. The van der Waals surface area contributed by atoms with Crippen LogP contribution in [0.5, 0.6) is 5.75 Å². The highest BCUT2D eigenvalue weighted by atomic mass is 32.1. The first-order valence-corrected chi connectivity index (χ1v) is 11.8. The van der Waals surface area contributed by atoms with Gasteiger partial charge in [-0.1, -0.05) is 42.7 Å². The van der Waals surface area contributed by atoms with Crippen LogP contribution in [0.1, 0.15) is 61.7 Å². The van der Waals surface area contributed by atoms with E-state index in [1.54, 1.807) is 18.4 Å². The van der Waals surface area contributed by atoms with Gasteiger partial charge in [-0.15, -0.1) is 10.2 Å². The van der Waals surface area contributed by atoms with E-state index in [0.29, 0.717) is 6.04 Å². The minimum atomic E-state index is 0.549. The van der Waals surface area contributed by atoms with Gasteiger partial charge in [0.05, 0.1) is 19.2 Å². The van der Waals surface area contributed by atoms with Crippen LogP contribution in [0.3, 0.4) is 0 Å². The SMILES string of the molecule is COc1cccc2c(-c3nnc(CN4CCCC4)s3)c(C)n(C3CCCCC3)c12. The molecule has 1 aromatic carbocycles. The highest BCUT2D eigenvalue weighted by molar-refractivity contribution is 7.14. The van der Waals surface area contributed by atoms with Gasteiger partial charge in [0.25, 0.3) is 0 Å². The van der Waals surface area contributed by atoms with Gasteiger partial charge in [-0.3, -0.25) is 4.90 Å². The lowest BCUT2D eigenvalue weighted by atomic mass is 9.95. The van der Waals surface area contributed by atoms with Crippen LogP contribution in [0.4, 0.5) is 0 Å². The van der Waals surface area contributed by atoms with Crippen molar-refractivity contribution in [2.75, 3.05) is 20.2 Å². The zero-order chi connectivity index (χ0) is 19.8. The number of nitrogens with zero attached hydrogens (tertiary/aromatic N) is 4. The molecule has 0 N–H and O–H groups in total. The summed E-state index contributed by atoms with van der Waals surface area (Å²) < 4.78 is 8.34. The van der Waals surface area contributed by atoms with E-state index >= 15 is 0 Å². The summed E-state index contributed by atoms with van der Waals surface area (Å²) in [4.78, 5) is 2.49. The molecule has 6 heteroatoms. The molecular weight excluding hydrogens is 380 g/mol. The summed E-state index contributed by atoms with van der Waals surface area (Å²) in [6.07, 6.45) is 9.09. The van der Waals surface area contributed by atoms with Gasteiger partial charge in [-0.2, -0.15) is 0 Å². The molecule has 0 bridgehead atoms. The lowest BCUT2D eigenvalue weighted by Crippen LogP contribution is -2.18. The topological polar surface area (TPSA) is 43.2 Å². The van der Waals surface area contributed by atoms with Gasteiger partial charge in [0, 0.05) is 22.7 Å². The molecule has 3 heterocycles. The van der Waals surface area contributed by atoms with Crippen molar-refractivity contribution in [1.82, 2.24) is 19.7 Å². The Balaban J connectivity index is 1.60. The molecule has 5 rings (SSSR count). The van der Waals surface area contributed by atoms with Crippen LogP contribution in [0, 0.1) is 6.92 Å². The Morgan fingerprint density at radius 1 is 1.07 bits per heavy atom. The maximum absolute atomic E-state index is 5.80. The number of likely N-dealkylation sites (tertiary alicyclic amines) is 1. The fourth-order valence-corrected chi connectivity index (χ4v) is 6.23. The largest absolute Gasteiger partial charge is 0.495 e. The van der Waals surface area contributed by atoms with Gasteiger partial charge in [0.15, 0.2) is 0 Å². The molecule has 2 aromatic heterocycles. The minimum Gasteiger partial charge on any atom is -0.495 e. The molecule has 0 spiro atoms. The smallest absolute Gasteiger partial charge is 0.150 e. The van der Waals surface area contributed by atoms with E-state index in [-0.39, 0.29) is 0 Å². The van der Waals surface area contributed by atoms with Crippen LogP contribution in [0.15, 0.2) is 18.2 Å². The number of rotatable bonds is 5. The fourth-order valence-electron chi connectivity index (χ4n) is 5.24. The summed E-state index contributed by atoms with van der Waals surface area (Å²) in [5.41, 5.74) is 3.78. The molecule has 2 fully saturated rings. The van der Waals surface area contributed by atoms with Crippen molar-refractivity contribution in [1.29, 1.82) is 0 Å². The highest BCUT2D eigenvalue weighted by Crippen LogP contribution is 2.44. The maximum atomic E-state index is 5.80. The van der Waals surface area contributed by atoms with Gasteiger partial charge >= 0.3 is 0 Å². The van der Waals surface area contributed by atoms with E-state index in [1.807, 2.05) is 0 Å². The van der Waals surface area contributed by atoms with Crippen LogP contribution in [-0.4, -0.2) is 39.9 Å². The van der Waals surface area contributed by atoms with E-state index in [9.17, 15) is 0 Å². The standard InChI is InChI=1S/C23H30N4OS/c1-16-21(23-25-24-20(29-23)15-26-13-6-7-14-26)18-11-8-12-19(28-2)22(18)27(16)17-9-4-3-5-10-17/h8,11-12,17H,3-7,9-10,13-15H2,1-2H3. The fraction of sp³-hybridized carbons (Fsp3) is 0.565. The molecule has 0 amide bonds. The van der Waals surface area contributed by atoms with Crippen molar-refractivity contribution >= 4 is 22.2 Å². The number of methoxy groups -OCH3 is 1. The zero-order valence-electron chi connectivity index (χ0n) is 17.5. The molecule has 0 radical (unpaired) electrons. The average Bonchev–Trinajstić information content (AvgIpc) is 3.48. The lowest BCUT2D eigenvalue weighted by molar-refractivity contribution is 0.330. The molecule has 1 saturated carbocycles. The Labute approximate surface area is 176 Å². The Bertz CT molecular complexity index is 996. The quantitative estimate of drug-likeness (QED) is 0.551. The molecule has 1 aliphatic heterocycles. The summed E-state index contributed by atoms with van der Waals surface area (Å²) in [7, 11) is 1.78. The third-order valence-electron chi connectivity index (χ3n) is 6.63. The first-order valence-electron chi connectivity index (χ1n) is 11.0. The summed E-state index contributed by atoms with van der Waals surface area (Å²) >= 11 is 1.76. The van der Waals surface area contributed by atoms with Gasteiger partial charge in [0.2, 0.25) is 0 Å². The van der Waals surface area contributed by atoms with E-state index < -0.39 is 0 Å². The van der Waals surface area contributed by atoms with Crippen LogP contribution in [-0.2, 0) is 6.54 Å². The second kappa shape index (κ2) is 8.07. The van der Waals surface area contributed by atoms with Crippen LogP contribution >= 0.6 is 11.3 Å². The van der Waals surface area contributed by atoms with Crippen LogP contribution in [0.2, 0.25) is 0 Å². The van der Waals surface area contributed by atoms with Crippen molar-refractivity contribution < 1.29 is 4.74 Å². The molecular formula is C23H30N4OS. The molecule has 5 nitrogen and oxygen atoms in total. The molecule has 1 saturated heterocycles. The molecule has 3 aromatic rings. The normalized spacial score (nSPS) is 18.7. The number of benzene rings is 1. The number of para-hydroxylation sites is 1. The Kier molecular flexibility index (Phi) is 5.31.